The Morgan fingerprint density at radius 3 is 2.52 bits per heavy atom. The fourth-order valence-corrected chi connectivity index (χ4v) is 3.60. The van der Waals surface area contributed by atoms with Gasteiger partial charge in [0, 0.05) is 25.2 Å². The summed E-state index contributed by atoms with van der Waals surface area (Å²) in [4.78, 5) is 2.56. The molecule has 0 saturated carbocycles. The minimum absolute atomic E-state index is 0.0245. The second-order valence-corrected chi connectivity index (χ2v) is 7.01. The fourth-order valence-electron chi connectivity index (χ4n) is 3.60. The van der Waals surface area contributed by atoms with Crippen LogP contribution in [-0.2, 0) is 11.2 Å². The molecule has 2 unspecified atom stereocenters. The third kappa shape index (κ3) is 3.85. The summed E-state index contributed by atoms with van der Waals surface area (Å²) in [6.07, 6.45) is 2.31. The van der Waals surface area contributed by atoms with Crippen molar-refractivity contribution in [2.75, 3.05) is 19.6 Å². The van der Waals surface area contributed by atoms with Gasteiger partial charge in [-0.1, -0.05) is 37.3 Å². The minimum atomic E-state index is -0.107. The first-order chi connectivity index (χ1) is 9.91. The lowest BCUT2D eigenvalue weighted by Crippen LogP contribution is -2.64. The summed E-state index contributed by atoms with van der Waals surface area (Å²) in [5, 5.41) is 0. The van der Waals surface area contributed by atoms with E-state index in [0.29, 0.717) is 6.54 Å². The predicted octanol–water partition coefficient (Wildman–Crippen LogP) is 2.84. The molecule has 21 heavy (non-hydrogen) atoms. The van der Waals surface area contributed by atoms with Gasteiger partial charge < -0.3 is 10.5 Å². The topological polar surface area (TPSA) is 38.5 Å². The van der Waals surface area contributed by atoms with Crippen LogP contribution in [0.4, 0.5) is 0 Å². The maximum Gasteiger partial charge on any atom is 0.0757 e. The number of hydrogen-bond acceptors (Lipinski definition) is 3. The molecule has 1 saturated heterocycles. The second-order valence-electron chi connectivity index (χ2n) is 7.01. The summed E-state index contributed by atoms with van der Waals surface area (Å²) in [7, 11) is 0. The van der Waals surface area contributed by atoms with Crippen molar-refractivity contribution in [2.45, 2.75) is 57.8 Å². The van der Waals surface area contributed by atoms with Gasteiger partial charge in [-0.15, -0.1) is 0 Å². The molecule has 0 aliphatic carbocycles. The molecular formula is C18H30N2O. The first-order valence-electron chi connectivity index (χ1n) is 8.08. The second kappa shape index (κ2) is 6.47. The molecule has 1 fully saturated rings. The molecule has 0 bridgehead atoms. The summed E-state index contributed by atoms with van der Waals surface area (Å²) < 4.78 is 6.06. The zero-order valence-corrected chi connectivity index (χ0v) is 13.9. The van der Waals surface area contributed by atoms with Crippen LogP contribution in [0, 0.1) is 0 Å². The zero-order valence-electron chi connectivity index (χ0n) is 13.9. The quantitative estimate of drug-likeness (QED) is 0.906. The molecule has 2 N–H and O–H groups in total. The zero-order chi connectivity index (χ0) is 15.5. The van der Waals surface area contributed by atoms with Gasteiger partial charge in [0.15, 0.2) is 0 Å². The van der Waals surface area contributed by atoms with Crippen LogP contribution in [0.2, 0.25) is 0 Å². The molecule has 2 rings (SSSR count). The van der Waals surface area contributed by atoms with E-state index in [1.54, 1.807) is 0 Å². The highest BCUT2D eigenvalue weighted by molar-refractivity contribution is 5.18. The van der Waals surface area contributed by atoms with Gasteiger partial charge in [-0.3, -0.25) is 4.90 Å². The predicted molar refractivity (Wildman–Crippen MR) is 88.4 cm³/mol. The minimum Gasteiger partial charge on any atom is -0.370 e. The Morgan fingerprint density at radius 2 is 2.00 bits per heavy atom. The number of rotatable bonds is 5. The smallest absolute Gasteiger partial charge is 0.0757 e. The van der Waals surface area contributed by atoms with Crippen molar-refractivity contribution in [3.63, 3.8) is 0 Å². The monoisotopic (exact) mass is 290 g/mol. The molecule has 2 atom stereocenters. The van der Waals surface area contributed by atoms with E-state index in [0.717, 1.165) is 25.9 Å². The molecule has 1 aliphatic heterocycles. The van der Waals surface area contributed by atoms with Crippen LogP contribution in [0.1, 0.15) is 39.7 Å². The Kier molecular flexibility index (Phi) is 5.07. The number of nitrogens with zero attached hydrogens (tertiary/aromatic N) is 1. The Bertz CT molecular complexity index is 440. The van der Waals surface area contributed by atoms with Gasteiger partial charge in [0.2, 0.25) is 0 Å². The molecular weight excluding hydrogens is 260 g/mol. The lowest BCUT2D eigenvalue weighted by molar-refractivity contribution is -0.153. The van der Waals surface area contributed by atoms with Gasteiger partial charge in [0.1, 0.15) is 0 Å². The van der Waals surface area contributed by atoms with E-state index in [-0.39, 0.29) is 17.2 Å². The van der Waals surface area contributed by atoms with Crippen LogP contribution in [0.15, 0.2) is 30.3 Å². The molecule has 0 amide bonds. The van der Waals surface area contributed by atoms with E-state index in [4.69, 9.17) is 10.5 Å². The number of nitrogens with two attached hydrogens (primary N) is 1. The Hall–Kier alpha value is -0.900. The van der Waals surface area contributed by atoms with Crippen molar-refractivity contribution in [1.29, 1.82) is 0 Å². The van der Waals surface area contributed by atoms with Crippen LogP contribution in [0.5, 0.6) is 0 Å². The van der Waals surface area contributed by atoms with Crippen molar-refractivity contribution in [1.82, 2.24) is 4.90 Å². The summed E-state index contributed by atoms with van der Waals surface area (Å²) in [6, 6.07) is 10.7. The molecule has 1 aliphatic rings. The highest BCUT2D eigenvalue weighted by Gasteiger charge is 2.41. The number of benzene rings is 1. The van der Waals surface area contributed by atoms with Gasteiger partial charge in [0.05, 0.1) is 11.7 Å². The van der Waals surface area contributed by atoms with Gasteiger partial charge in [-0.2, -0.15) is 0 Å². The van der Waals surface area contributed by atoms with Crippen LogP contribution >= 0.6 is 0 Å². The highest BCUT2D eigenvalue weighted by Crippen LogP contribution is 2.31. The molecule has 3 heteroatoms. The van der Waals surface area contributed by atoms with Crippen molar-refractivity contribution >= 4 is 0 Å². The Balaban J connectivity index is 2.24. The van der Waals surface area contributed by atoms with E-state index in [2.05, 4.69) is 62.9 Å². The molecule has 1 aromatic carbocycles. The average Bonchev–Trinajstić information content (AvgIpc) is 2.44. The third-order valence-electron chi connectivity index (χ3n) is 4.65. The molecule has 1 heterocycles. The molecule has 0 aromatic heterocycles. The van der Waals surface area contributed by atoms with E-state index in [1.165, 1.54) is 5.56 Å². The normalized spacial score (nSPS) is 25.5. The fraction of sp³-hybridized carbons (Fsp3) is 0.667. The van der Waals surface area contributed by atoms with Crippen molar-refractivity contribution in [2.24, 2.45) is 5.73 Å². The molecule has 118 valence electrons. The lowest BCUT2D eigenvalue weighted by Gasteiger charge is -2.51. The summed E-state index contributed by atoms with van der Waals surface area (Å²) in [5.41, 5.74) is 7.53. The number of hydrogen-bond donors (Lipinski definition) is 1. The molecule has 0 spiro atoms. The summed E-state index contributed by atoms with van der Waals surface area (Å²) in [5.74, 6) is 0. The van der Waals surface area contributed by atoms with E-state index in [9.17, 15) is 0 Å². The van der Waals surface area contributed by atoms with Crippen molar-refractivity contribution < 1.29 is 4.74 Å². The van der Waals surface area contributed by atoms with Gasteiger partial charge in [-0.05, 0) is 39.2 Å². The summed E-state index contributed by atoms with van der Waals surface area (Å²) >= 11 is 0. The van der Waals surface area contributed by atoms with E-state index >= 15 is 0 Å². The van der Waals surface area contributed by atoms with E-state index in [1.807, 2.05) is 0 Å². The Labute approximate surface area is 129 Å². The van der Waals surface area contributed by atoms with Crippen LogP contribution in [0.25, 0.3) is 0 Å². The van der Waals surface area contributed by atoms with Crippen LogP contribution in [-0.4, -0.2) is 41.8 Å². The first-order valence-corrected chi connectivity index (χ1v) is 8.08. The van der Waals surface area contributed by atoms with Crippen molar-refractivity contribution in [3.05, 3.63) is 35.9 Å². The average molecular weight is 290 g/mol. The Morgan fingerprint density at radius 1 is 1.33 bits per heavy atom. The standard InChI is InChI=1S/C18H30N2O/c1-5-18(13-19,11-16-9-7-6-8-10-16)20-12-15(2)21-17(3,4)14-20/h6-10,15H,5,11-14,19H2,1-4H3. The van der Waals surface area contributed by atoms with Gasteiger partial charge in [-0.25, -0.2) is 0 Å². The molecule has 3 nitrogen and oxygen atoms in total. The van der Waals surface area contributed by atoms with Crippen LogP contribution in [0.3, 0.4) is 0 Å². The van der Waals surface area contributed by atoms with E-state index < -0.39 is 0 Å². The summed E-state index contributed by atoms with van der Waals surface area (Å²) in [6.45, 7) is 11.3. The number of ether oxygens (including phenoxy) is 1. The highest BCUT2D eigenvalue weighted by atomic mass is 16.5. The van der Waals surface area contributed by atoms with Gasteiger partial charge >= 0.3 is 0 Å². The van der Waals surface area contributed by atoms with Gasteiger partial charge in [0.25, 0.3) is 0 Å². The SMILES string of the molecule is CCC(CN)(Cc1ccccc1)N1CC(C)OC(C)(C)C1. The first kappa shape index (κ1) is 16.5. The lowest BCUT2D eigenvalue weighted by atomic mass is 9.84. The number of morpholine rings is 1. The van der Waals surface area contributed by atoms with Crippen molar-refractivity contribution in [3.8, 4) is 0 Å². The third-order valence-corrected chi connectivity index (χ3v) is 4.65. The maximum absolute atomic E-state index is 6.25. The van der Waals surface area contributed by atoms with Crippen LogP contribution < -0.4 is 5.73 Å². The largest absolute Gasteiger partial charge is 0.370 e. The maximum atomic E-state index is 6.25. The molecule has 1 aromatic rings. The molecule has 0 radical (unpaired) electrons.